The molecule has 0 amide bonds. The monoisotopic (exact) mass is 227 g/mol. The maximum Gasteiger partial charge on any atom is 0.368 e. The molecule has 0 aliphatic rings. The van der Waals surface area contributed by atoms with Gasteiger partial charge in [-0.15, -0.1) is 0 Å². The molecular formula is C9H13N3O2S. The van der Waals surface area contributed by atoms with E-state index in [1.807, 2.05) is 0 Å². The first-order valence-corrected chi connectivity index (χ1v) is 5.83. The minimum atomic E-state index is -0.502. The third-order valence-corrected chi connectivity index (χ3v) is 2.73. The number of rotatable bonds is 6. The van der Waals surface area contributed by atoms with Crippen LogP contribution in [0.5, 0.6) is 0 Å². The summed E-state index contributed by atoms with van der Waals surface area (Å²) in [6.45, 7) is 2.13. The molecule has 0 spiro atoms. The van der Waals surface area contributed by atoms with Gasteiger partial charge in [-0.25, -0.2) is 4.98 Å². The van der Waals surface area contributed by atoms with Crippen LogP contribution in [0.1, 0.15) is 26.2 Å². The Kier molecular flexibility index (Phi) is 5.03. The van der Waals surface area contributed by atoms with Gasteiger partial charge in [0.25, 0.3) is 0 Å². The van der Waals surface area contributed by atoms with Crippen molar-refractivity contribution in [3.63, 3.8) is 0 Å². The maximum absolute atomic E-state index is 10.4. The largest absolute Gasteiger partial charge is 0.368 e. The van der Waals surface area contributed by atoms with Crippen LogP contribution in [-0.4, -0.2) is 20.6 Å². The SMILES string of the molecule is CCCCCSc1nccc([N+](=O)[O-])n1. The molecule has 0 saturated heterocycles. The van der Waals surface area contributed by atoms with Gasteiger partial charge in [0.2, 0.25) is 0 Å². The highest BCUT2D eigenvalue weighted by Crippen LogP contribution is 2.17. The number of aromatic nitrogens is 2. The summed E-state index contributed by atoms with van der Waals surface area (Å²) in [6, 6.07) is 1.30. The lowest BCUT2D eigenvalue weighted by atomic mass is 10.3. The molecule has 5 nitrogen and oxygen atoms in total. The van der Waals surface area contributed by atoms with Crippen LogP contribution >= 0.6 is 11.8 Å². The summed E-state index contributed by atoms with van der Waals surface area (Å²) in [7, 11) is 0. The van der Waals surface area contributed by atoms with E-state index < -0.39 is 4.92 Å². The predicted octanol–water partition coefficient (Wildman–Crippen LogP) is 2.67. The van der Waals surface area contributed by atoms with E-state index in [0.717, 1.165) is 18.6 Å². The smallest absolute Gasteiger partial charge is 0.358 e. The molecule has 1 aromatic rings. The quantitative estimate of drug-likeness (QED) is 0.246. The van der Waals surface area contributed by atoms with E-state index in [9.17, 15) is 10.1 Å². The van der Waals surface area contributed by atoms with Crippen molar-refractivity contribution in [2.24, 2.45) is 0 Å². The molecule has 0 atom stereocenters. The number of nitrogens with zero attached hydrogens (tertiary/aromatic N) is 3. The van der Waals surface area contributed by atoms with Gasteiger partial charge in [-0.3, -0.25) is 0 Å². The number of nitro groups is 1. The van der Waals surface area contributed by atoms with Crippen LogP contribution in [0.3, 0.4) is 0 Å². The third kappa shape index (κ3) is 4.24. The van der Waals surface area contributed by atoms with Crippen LogP contribution in [0.25, 0.3) is 0 Å². The molecule has 1 rings (SSSR count). The van der Waals surface area contributed by atoms with Gasteiger partial charge in [-0.05, 0) is 16.3 Å². The van der Waals surface area contributed by atoms with Gasteiger partial charge in [0, 0.05) is 11.9 Å². The van der Waals surface area contributed by atoms with E-state index in [4.69, 9.17) is 0 Å². The van der Waals surface area contributed by atoms with Crippen molar-refractivity contribution in [3.8, 4) is 0 Å². The van der Waals surface area contributed by atoms with Crippen molar-refractivity contribution in [1.82, 2.24) is 9.97 Å². The fourth-order valence-electron chi connectivity index (χ4n) is 1.02. The van der Waals surface area contributed by atoms with Gasteiger partial charge < -0.3 is 10.1 Å². The molecule has 15 heavy (non-hydrogen) atoms. The lowest BCUT2D eigenvalue weighted by Gasteiger charge is -1.96. The molecule has 0 aromatic carbocycles. The number of hydrogen-bond donors (Lipinski definition) is 0. The van der Waals surface area contributed by atoms with Crippen LogP contribution in [0.15, 0.2) is 17.4 Å². The number of thioether (sulfide) groups is 1. The first-order valence-electron chi connectivity index (χ1n) is 4.84. The second-order valence-corrected chi connectivity index (χ2v) is 4.07. The Morgan fingerprint density at radius 1 is 1.53 bits per heavy atom. The Hall–Kier alpha value is -1.17. The molecule has 1 heterocycles. The van der Waals surface area contributed by atoms with Crippen LogP contribution in [0.2, 0.25) is 0 Å². The maximum atomic E-state index is 10.4. The van der Waals surface area contributed by atoms with E-state index in [1.54, 1.807) is 0 Å². The third-order valence-electron chi connectivity index (χ3n) is 1.78. The van der Waals surface area contributed by atoms with E-state index in [2.05, 4.69) is 16.9 Å². The molecule has 0 aliphatic heterocycles. The van der Waals surface area contributed by atoms with E-state index in [-0.39, 0.29) is 5.82 Å². The first-order chi connectivity index (χ1) is 7.24. The highest BCUT2D eigenvalue weighted by Gasteiger charge is 2.10. The molecule has 0 bridgehead atoms. The van der Waals surface area contributed by atoms with Crippen molar-refractivity contribution < 1.29 is 4.92 Å². The topological polar surface area (TPSA) is 68.9 Å². The molecule has 0 N–H and O–H groups in total. The lowest BCUT2D eigenvalue weighted by molar-refractivity contribution is -0.390. The lowest BCUT2D eigenvalue weighted by Crippen LogP contribution is -1.95. The average Bonchev–Trinajstić information content (AvgIpc) is 2.25. The fraction of sp³-hybridized carbons (Fsp3) is 0.556. The summed E-state index contributed by atoms with van der Waals surface area (Å²) >= 11 is 1.47. The van der Waals surface area contributed by atoms with Crippen LogP contribution in [0, 0.1) is 10.1 Å². The zero-order valence-corrected chi connectivity index (χ0v) is 9.37. The number of hydrogen-bond acceptors (Lipinski definition) is 5. The molecule has 1 aromatic heterocycles. The second-order valence-electron chi connectivity index (χ2n) is 3.01. The summed E-state index contributed by atoms with van der Waals surface area (Å²) in [4.78, 5) is 17.7. The predicted molar refractivity (Wildman–Crippen MR) is 58.9 cm³/mol. The van der Waals surface area contributed by atoms with Crippen molar-refractivity contribution in [2.45, 2.75) is 31.3 Å². The van der Waals surface area contributed by atoms with Crippen molar-refractivity contribution in [1.29, 1.82) is 0 Å². The van der Waals surface area contributed by atoms with Gasteiger partial charge in [0.05, 0.1) is 6.07 Å². The Bertz CT molecular complexity index is 333. The number of unbranched alkanes of at least 4 members (excludes halogenated alkanes) is 2. The minimum Gasteiger partial charge on any atom is -0.358 e. The summed E-state index contributed by atoms with van der Waals surface area (Å²) < 4.78 is 0. The van der Waals surface area contributed by atoms with E-state index >= 15 is 0 Å². The van der Waals surface area contributed by atoms with Gasteiger partial charge in [0.15, 0.2) is 0 Å². The van der Waals surface area contributed by atoms with E-state index in [1.165, 1.54) is 30.4 Å². The molecule has 6 heteroatoms. The van der Waals surface area contributed by atoms with Crippen LogP contribution in [0.4, 0.5) is 5.82 Å². The molecule has 0 unspecified atom stereocenters. The Morgan fingerprint density at radius 3 is 3.00 bits per heavy atom. The van der Waals surface area contributed by atoms with Gasteiger partial charge >= 0.3 is 11.0 Å². The summed E-state index contributed by atoms with van der Waals surface area (Å²) in [5.41, 5.74) is 0. The fourth-order valence-corrected chi connectivity index (χ4v) is 1.84. The zero-order chi connectivity index (χ0) is 11.1. The van der Waals surface area contributed by atoms with Gasteiger partial charge in [-0.2, -0.15) is 0 Å². The molecule has 0 fully saturated rings. The minimum absolute atomic E-state index is 0.136. The Labute approximate surface area is 92.5 Å². The van der Waals surface area contributed by atoms with Crippen molar-refractivity contribution in [3.05, 3.63) is 22.4 Å². The summed E-state index contributed by atoms with van der Waals surface area (Å²) in [5, 5.41) is 10.9. The normalized spacial score (nSPS) is 10.2. The van der Waals surface area contributed by atoms with Crippen molar-refractivity contribution >= 4 is 17.6 Å². The Balaban J connectivity index is 2.47. The van der Waals surface area contributed by atoms with Crippen molar-refractivity contribution in [2.75, 3.05) is 5.75 Å². The molecule has 82 valence electrons. The van der Waals surface area contributed by atoms with E-state index in [0.29, 0.717) is 5.16 Å². The average molecular weight is 227 g/mol. The highest BCUT2D eigenvalue weighted by molar-refractivity contribution is 7.99. The molecule has 0 radical (unpaired) electrons. The standard InChI is InChI=1S/C9H13N3O2S/c1-2-3-4-7-15-9-10-6-5-8(11-9)12(13)14/h5-6H,2-4,7H2,1H3. The van der Waals surface area contributed by atoms with Gasteiger partial charge in [-0.1, -0.05) is 31.5 Å². The second kappa shape index (κ2) is 6.34. The Morgan fingerprint density at radius 2 is 2.33 bits per heavy atom. The van der Waals surface area contributed by atoms with Crippen LogP contribution < -0.4 is 0 Å². The first kappa shape index (κ1) is 11.9. The van der Waals surface area contributed by atoms with Gasteiger partial charge in [0.1, 0.15) is 0 Å². The summed E-state index contributed by atoms with van der Waals surface area (Å²) in [5.74, 6) is 0.776. The molecular weight excluding hydrogens is 214 g/mol. The summed E-state index contributed by atoms with van der Waals surface area (Å²) in [6.07, 6.45) is 4.85. The zero-order valence-electron chi connectivity index (χ0n) is 8.55. The molecule has 0 aliphatic carbocycles. The highest BCUT2D eigenvalue weighted by atomic mass is 32.2. The molecule has 0 saturated carbocycles. The van der Waals surface area contributed by atoms with Crippen LogP contribution in [-0.2, 0) is 0 Å².